The third-order valence-electron chi connectivity index (χ3n) is 11.4. The van der Waals surface area contributed by atoms with Gasteiger partial charge in [-0.2, -0.15) is 0 Å². The Morgan fingerprint density at radius 3 is 2.14 bits per heavy atom. The molecule has 0 N–H and O–H groups in total. The molecule has 0 saturated heterocycles. The average Bonchev–Trinajstić information content (AvgIpc) is 3.84. The molecule has 1 aliphatic carbocycles. The lowest BCUT2D eigenvalue weighted by atomic mass is 9.98. The predicted molar refractivity (Wildman–Crippen MR) is 234 cm³/mol. The first-order valence-electron chi connectivity index (χ1n) is 19.0. The first-order chi connectivity index (χ1) is 27.7. The summed E-state index contributed by atoms with van der Waals surface area (Å²) in [5.41, 5.74) is 5.81. The second-order valence-electron chi connectivity index (χ2n) is 14.7. The predicted octanol–water partition coefficient (Wildman–Crippen LogP) is 14.2. The molecule has 56 heavy (non-hydrogen) atoms. The zero-order chi connectivity index (χ0) is 36.7. The van der Waals surface area contributed by atoms with Crippen molar-refractivity contribution in [1.82, 2.24) is 15.0 Å². The van der Waals surface area contributed by atoms with Crippen LogP contribution in [0.4, 0.5) is 0 Å². The Hall–Kier alpha value is -6.95. The van der Waals surface area contributed by atoms with Crippen molar-refractivity contribution in [1.29, 1.82) is 0 Å². The fourth-order valence-electron chi connectivity index (χ4n) is 8.67. The summed E-state index contributed by atoms with van der Waals surface area (Å²) in [6.07, 6.45) is 9.38. The number of para-hydroxylation sites is 1. The molecule has 3 aromatic heterocycles. The number of allylic oxidation sites excluding steroid dienone is 4. The van der Waals surface area contributed by atoms with Crippen LogP contribution >= 0.6 is 11.3 Å². The third-order valence-corrected chi connectivity index (χ3v) is 12.6. The van der Waals surface area contributed by atoms with E-state index in [9.17, 15) is 0 Å². The topological polar surface area (TPSA) is 51.8 Å². The summed E-state index contributed by atoms with van der Waals surface area (Å²) < 4.78 is 9.39. The first-order valence-corrected chi connectivity index (χ1v) is 19.9. The number of benzene rings is 8. The standard InChI is InChI=1S/C51H31N3OS/c1-2-12-31(13-3-1)49-52-50(35-25-26-37-34(27-35)24-23-30-11-6-7-16-36(30)37)54-51(53-49)42-21-10-22-44-46(42)41-20-8-17-38(47(41)55-44)39-18-9-19-40-43-28-32-14-4-5-15-33(32)29-45(43)56-48(39)40/h1-12,14-29,31H,13H2. The van der Waals surface area contributed by atoms with Crippen LogP contribution in [0, 0.1) is 0 Å². The summed E-state index contributed by atoms with van der Waals surface area (Å²) in [6, 6.07) is 52.1. The lowest BCUT2D eigenvalue weighted by Gasteiger charge is -2.15. The molecule has 1 aliphatic rings. The Bertz CT molecular complexity index is 3480. The van der Waals surface area contributed by atoms with Crippen molar-refractivity contribution in [2.45, 2.75) is 12.3 Å². The normalized spacial score (nSPS) is 14.4. The minimum Gasteiger partial charge on any atom is -0.455 e. The highest BCUT2D eigenvalue weighted by Crippen LogP contribution is 2.45. The molecule has 0 spiro atoms. The van der Waals surface area contributed by atoms with E-state index in [0.717, 1.165) is 56.3 Å². The molecule has 1 unspecified atom stereocenters. The smallest absolute Gasteiger partial charge is 0.164 e. The molecule has 4 nitrogen and oxygen atoms in total. The van der Waals surface area contributed by atoms with Crippen LogP contribution in [0.25, 0.3) is 108 Å². The molecule has 8 aromatic carbocycles. The lowest BCUT2D eigenvalue weighted by Crippen LogP contribution is -2.08. The largest absolute Gasteiger partial charge is 0.455 e. The number of rotatable bonds is 4. The Labute approximate surface area is 325 Å². The van der Waals surface area contributed by atoms with Crippen molar-refractivity contribution < 1.29 is 4.42 Å². The molecule has 5 heteroatoms. The fraction of sp³-hybridized carbons (Fsp3) is 0.0392. The molecular formula is C51H31N3OS. The van der Waals surface area contributed by atoms with Gasteiger partial charge in [0.05, 0.1) is 0 Å². The van der Waals surface area contributed by atoms with Crippen LogP contribution < -0.4 is 0 Å². The van der Waals surface area contributed by atoms with E-state index in [0.29, 0.717) is 11.6 Å². The number of thiophene rings is 1. The van der Waals surface area contributed by atoms with Gasteiger partial charge >= 0.3 is 0 Å². The molecule has 0 fully saturated rings. The van der Waals surface area contributed by atoms with Gasteiger partial charge in [-0.05, 0) is 63.0 Å². The summed E-state index contributed by atoms with van der Waals surface area (Å²) in [5, 5.41) is 12.0. The van der Waals surface area contributed by atoms with Gasteiger partial charge < -0.3 is 4.42 Å². The summed E-state index contributed by atoms with van der Waals surface area (Å²) in [4.78, 5) is 15.6. The second-order valence-corrected chi connectivity index (χ2v) is 15.7. The van der Waals surface area contributed by atoms with Crippen LogP contribution in [0.1, 0.15) is 18.2 Å². The van der Waals surface area contributed by atoms with E-state index in [1.807, 2.05) is 17.4 Å². The van der Waals surface area contributed by atoms with Crippen LogP contribution in [-0.2, 0) is 0 Å². The number of fused-ring (bicyclic) bond motifs is 10. The van der Waals surface area contributed by atoms with E-state index < -0.39 is 0 Å². The molecule has 1 atom stereocenters. The van der Waals surface area contributed by atoms with Crippen LogP contribution in [-0.4, -0.2) is 15.0 Å². The molecular weight excluding hydrogens is 703 g/mol. The highest BCUT2D eigenvalue weighted by molar-refractivity contribution is 7.26. The van der Waals surface area contributed by atoms with Crippen LogP contribution in [0.15, 0.2) is 174 Å². The molecule has 11 aromatic rings. The van der Waals surface area contributed by atoms with Crippen molar-refractivity contribution in [2.24, 2.45) is 0 Å². The molecule has 0 radical (unpaired) electrons. The van der Waals surface area contributed by atoms with Gasteiger partial charge in [-0.3, -0.25) is 0 Å². The fourth-order valence-corrected chi connectivity index (χ4v) is 9.93. The maximum absolute atomic E-state index is 6.84. The number of aromatic nitrogens is 3. The number of nitrogens with zero attached hydrogens (tertiary/aromatic N) is 3. The summed E-state index contributed by atoms with van der Waals surface area (Å²) in [7, 11) is 0. The molecule has 12 rings (SSSR count). The Kier molecular flexibility index (Phi) is 6.89. The van der Waals surface area contributed by atoms with Crippen molar-refractivity contribution >= 4 is 85.8 Å². The number of hydrogen-bond donors (Lipinski definition) is 0. The zero-order valence-corrected chi connectivity index (χ0v) is 30.9. The van der Waals surface area contributed by atoms with Gasteiger partial charge in [0.2, 0.25) is 0 Å². The van der Waals surface area contributed by atoms with E-state index in [4.69, 9.17) is 19.4 Å². The van der Waals surface area contributed by atoms with Gasteiger partial charge in [-0.25, -0.2) is 15.0 Å². The van der Waals surface area contributed by atoms with Gasteiger partial charge in [0.15, 0.2) is 11.6 Å². The summed E-state index contributed by atoms with van der Waals surface area (Å²) in [5.74, 6) is 2.12. The highest BCUT2D eigenvalue weighted by atomic mass is 32.1. The summed E-state index contributed by atoms with van der Waals surface area (Å²) >= 11 is 1.85. The van der Waals surface area contributed by atoms with E-state index >= 15 is 0 Å². The van der Waals surface area contributed by atoms with E-state index in [2.05, 4.69) is 164 Å². The Morgan fingerprint density at radius 2 is 1.25 bits per heavy atom. The lowest BCUT2D eigenvalue weighted by molar-refractivity contribution is 0.670. The molecule has 3 heterocycles. The van der Waals surface area contributed by atoms with Gasteiger partial charge in [0.1, 0.15) is 17.0 Å². The van der Waals surface area contributed by atoms with E-state index in [-0.39, 0.29) is 5.92 Å². The van der Waals surface area contributed by atoms with Gasteiger partial charge in [-0.1, -0.05) is 146 Å². The van der Waals surface area contributed by atoms with E-state index in [1.54, 1.807) is 0 Å². The minimum absolute atomic E-state index is 0.0520. The van der Waals surface area contributed by atoms with Crippen molar-refractivity contribution in [3.05, 3.63) is 176 Å². The van der Waals surface area contributed by atoms with Crippen LogP contribution in [0.5, 0.6) is 0 Å². The Morgan fingerprint density at radius 1 is 0.518 bits per heavy atom. The van der Waals surface area contributed by atoms with Crippen molar-refractivity contribution in [3.63, 3.8) is 0 Å². The highest BCUT2D eigenvalue weighted by Gasteiger charge is 2.22. The monoisotopic (exact) mass is 733 g/mol. The van der Waals surface area contributed by atoms with Crippen LogP contribution in [0.2, 0.25) is 0 Å². The van der Waals surface area contributed by atoms with E-state index in [1.165, 1.54) is 52.7 Å². The second kappa shape index (κ2) is 12.3. The molecule has 0 amide bonds. The molecule has 0 saturated carbocycles. The van der Waals surface area contributed by atoms with Crippen molar-refractivity contribution in [3.8, 4) is 33.9 Å². The minimum atomic E-state index is 0.0520. The van der Waals surface area contributed by atoms with Gasteiger partial charge in [0.25, 0.3) is 0 Å². The maximum Gasteiger partial charge on any atom is 0.164 e. The summed E-state index contributed by atoms with van der Waals surface area (Å²) in [6.45, 7) is 0. The average molecular weight is 734 g/mol. The number of furan rings is 1. The van der Waals surface area contributed by atoms with Crippen molar-refractivity contribution in [2.75, 3.05) is 0 Å². The van der Waals surface area contributed by atoms with Crippen LogP contribution in [0.3, 0.4) is 0 Å². The Balaban J connectivity index is 1.05. The van der Waals surface area contributed by atoms with Gasteiger partial charge in [-0.15, -0.1) is 11.3 Å². The number of hydrogen-bond acceptors (Lipinski definition) is 5. The maximum atomic E-state index is 6.84. The zero-order valence-electron chi connectivity index (χ0n) is 30.1. The molecule has 0 aliphatic heterocycles. The molecule has 262 valence electrons. The first kappa shape index (κ1) is 31.4. The molecule has 0 bridgehead atoms. The SMILES string of the molecule is C1=CCC(c2nc(-c3ccc4c(ccc5ccccc54)c3)nc(-c3cccc4oc5c(-c6cccc7c6sc6cc8ccccc8cc67)cccc5c34)n2)C=C1. The quantitative estimate of drug-likeness (QED) is 0.169. The van der Waals surface area contributed by atoms with Gasteiger partial charge in [0, 0.05) is 59.1 Å². The third kappa shape index (κ3) is 4.88.